The van der Waals surface area contributed by atoms with Gasteiger partial charge in [-0.2, -0.15) is 0 Å². The molecule has 1 saturated heterocycles. The maximum absolute atomic E-state index is 10.3. The number of nitrogens with zero attached hydrogens (tertiary/aromatic N) is 1. The van der Waals surface area contributed by atoms with Gasteiger partial charge in [-0.15, -0.1) is 0 Å². The first-order valence-corrected chi connectivity index (χ1v) is 7.40. The number of methoxy groups -OCH3 is 1. The number of hydrogen-bond acceptors (Lipinski definition) is 4. The third-order valence-electron chi connectivity index (χ3n) is 3.93. The van der Waals surface area contributed by atoms with Crippen molar-refractivity contribution in [2.75, 3.05) is 40.3 Å². The van der Waals surface area contributed by atoms with E-state index in [-0.39, 0.29) is 0 Å². The van der Waals surface area contributed by atoms with Crippen LogP contribution in [0, 0.1) is 5.92 Å². The fourth-order valence-electron chi connectivity index (χ4n) is 2.84. The van der Waals surface area contributed by atoms with Crippen LogP contribution in [0.4, 0.5) is 0 Å². The van der Waals surface area contributed by atoms with Gasteiger partial charge in [0.1, 0.15) is 5.75 Å². The van der Waals surface area contributed by atoms with Crippen molar-refractivity contribution in [3.05, 3.63) is 29.8 Å². The molecule has 2 rings (SSSR count). The van der Waals surface area contributed by atoms with Gasteiger partial charge in [-0.1, -0.05) is 12.1 Å². The molecule has 0 saturated carbocycles. The molecular weight excluding hydrogens is 252 g/mol. The number of likely N-dealkylation sites (N-methyl/N-ethyl adjacent to an activating group) is 1. The Labute approximate surface area is 121 Å². The highest BCUT2D eigenvalue weighted by atomic mass is 16.5. The Hall–Kier alpha value is -1.10. The number of hydrogen-bond donors (Lipinski definition) is 2. The van der Waals surface area contributed by atoms with E-state index in [1.807, 2.05) is 24.3 Å². The molecule has 2 N–H and O–H groups in total. The zero-order chi connectivity index (χ0) is 14.4. The number of rotatable bonds is 6. The summed E-state index contributed by atoms with van der Waals surface area (Å²) in [6.07, 6.45) is 2.08. The third-order valence-corrected chi connectivity index (χ3v) is 3.93. The van der Waals surface area contributed by atoms with Crippen LogP contribution in [0.1, 0.15) is 24.5 Å². The van der Waals surface area contributed by atoms with E-state index < -0.39 is 6.10 Å². The molecule has 0 radical (unpaired) electrons. The van der Waals surface area contributed by atoms with Gasteiger partial charge in [0.05, 0.1) is 13.2 Å². The minimum absolute atomic E-state index is 0.466. The fourth-order valence-corrected chi connectivity index (χ4v) is 2.84. The van der Waals surface area contributed by atoms with Crippen LogP contribution < -0.4 is 10.1 Å². The average molecular weight is 278 g/mol. The van der Waals surface area contributed by atoms with Crippen LogP contribution in [0.3, 0.4) is 0 Å². The van der Waals surface area contributed by atoms with Crippen LogP contribution in [0.2, 0.25) is 0 Å². The van der Waals surface area contributed by atoms with E-state index in [1.165, 1.54) is 12.8 Å². The van der Waals surface area contributed by atoms with Crippen molar-refractivity contribution in [1.29, 1.82) is 0 Å². The SMILES string of the molecule is COc1cccc(C(O)CN(C)CC2CCCNC2)c1. The van der Waals surface area contributed by atoms with Crippen molar-refractivity contribution >= 4 is 0 Å². The van der Waals surface area contributed by atoms with E-state index in [2.05, 4.69) is 17.3 Å². The second-order valence-electron chi connectivity index (χ2n) is 5.73. The van der Waals surface area contributed by atoms with Crippen molar-refractivity contribution < 1.29 is 9.84 Å². The minimum Gasteiger partial charge on any atom is -0.497 e. The van der Waals surface area contributed by atoms with E-state index in [9.17, 15) is 5.11 Å². The van der Waals surface area contributed by atoms with Gasteiger partial charge in [0, 0.05) is 13.1 Å². The van der Waals surface area contributed by atoms with Crippen molar-refractivity contribution in [3.8, 4) is 5.75 Å². The molecule has 0 amide bonds. The molecule has 0 aliphatic carbocycles. The first-order valence-electron chi connectivity index (χ1n) is 7.40. The van der Waals surface area contributed by atoms with Crippen molar-refractivity contribution in [2.45, 2.75) is 18.9 Å². The summed E-state index contributed by atoms with van der Waals surface area (Å²) in [5.41, 5.74) is 0.915. The largest absolute Gasteiger partial charge is 0.497 e. The second kappa shape index (κ2) is 7.62. The molecular formula is C16H26N2O2. The highest BCUT2D eigenvalue weighted by Gasteiger charge is 2.17. The first kappa shape index (κ1) is 15.3. The predicted octanol–water partition coefficient (Wildman–Crippen LogP) is 1.66. The highest BCUT2D eigenvalue weighted by Crippen LogP contribution is 2.20. The Balaban J connectivity index is 1.84. The summed E-state index contributed by atoms with van der Waals surface area (Å²) in [5.74, 6) is 1.49. The Morgan fingerprint density at radius 3 is 3.05 bits per heavy atom. The molecule has 1 aromatic carbocycles. The first-order chi connectivity index (χ1) is 9.69. The Morgan fingerprint density at radius 2 is 2.35 bits per heavy atom. The summed E-state index contributed by atoms with van der Waals surface area (Å²) in [7, 11) is 3.73. The summed E-state index contributed by atoms with van der Waals surface area (Å²) < 4.78 is 5.20. The quantitative estimate of drug-likeness (QED) is 0.831. The van der Waals surface area contributed by atoms with Crippen molar-refractivity contribution in [2.24, 2.45) is 5.92 Å². The minimum atomic E-state index is -0.466. The lowest BCUT2D eigenvalue weighted by molar-refractivity contribution is 0.114. The number of ether oxygens (including phenoxy) is 1. The lowest BCUT2D eigenvalue weighted by atomic mass is 9.99. The number of nitrogens with one attached hydrogen (secondary N) is 1. The standard InChI is InChI=1S/C16H26N2O2/c1-18(11-13-5-4-8-17-10-13)12-16(19)14-6-3-7-15(9-14)20-2/h3,6-7,9,13,16-17,19H,4-5,8,10-12H2,1-2H3. The molecule has 1 fully saturated rings. The van der Waals surface area contributed by atoms with Gasteiger partial charge in [-0.25, -0.2) is 0 Å². The van der Waals surface area contributed by atoms with E-state index >= 15 is 0 Å². The van der Waals surface area contributed by atoms with Crippen LogP contribution in [0.15, 0.2) is 24.3 Å². The summed E-state index contributed by atoms with van der Waals surface area (Å²) in [6.45, 7) is 3.93. The molecule has 0 spiro atoms. The monoisotopic (exact) mass is 278 g/mol. The molecule has 1 aliphatic heterocycles. The van der Waals surface area contributed by atoms with Crippen LogP contribution >= 0.6 is 0 Å². The van der Waals surface area contributed by atoms with Gasteiger partial charge < -0.3 is 20.1 Å². The molecule has 112 valence electrons. The summed E-state index contributed by atoms with van der Waals surface area (Å²) in [4.78, 5) is 2.22. The normalized spacial score (nSPS) is 20.9. The van der Waals surface area contributed by atoms with Gasteiger partial charge in [0.25, 0.3) is 0 Å². The number of benzene rings is 1. The van der Waals surface area contributed by atoms with Gasteiger partial charge in [0.2, 0.25) is 0 Å². The molecule has 1 aliphatic rings. The van der Waals surface area contributed by atoms with E-state index in [1.54, 1.807) is 7.11 Å². The average Bonchev–Trinajstić information content (AvgIpc) is 2.48. The number of aliphatic hydroxyl groups is 1. The zero-order valence-corrected chi connectivity index (χ0v) is 12.5. The lowest BCUT2D eigenvalue weighted by Gasteiger charge is -2.28. The van der Waals surface area contributed by atoms with Crippen molar-refractivity contribution in [1.82, 2.24) is 10.2 Å². The molecule has 4 nitrogen and oxygen atoms in total. The van der Waals surface area contributed by atoms with Crippen LogP contribution in [-0.4, -0.2) is 50.3 Å². The molecule has 0 bridgehead atoms. The topological polar surface area (TPSA) is 44.7 Å². The summed E-state index contributed by atoms with van der Waals surface area (Å²) in [6, 6.07) is 7.67. The molecule has 1 heterocycles. The highest BCUT2D eigenvalue weighted by molar-refractivity contribution is 5.29. The predicted molar refractivity (Wildman–Crippen MR) is 81.0 cm³/mol. The Bertz CT molecular complexity index is 405. The number of aliphatic hydroxyl groups excluding tert-OH is 1. The zero-order valence-electron chi connectivity index (χ0n) is 12.5. The molecule has 0 aromatic heterocycles. The van der Waals surface area contributed by atoms with Gasteiger partial charge >= 0.3 is 0 Å². The van der Waals surface area contributed by atoms with Gasteiger partial charge in [-0.05, 0) is 56.6 Å². The van der Waals surface area contributed by atoms with Crippen LogP contribution in [0.5, 0.6) is 5.75 Å². The lowest BCUT2D eigenvalue weighted by Crippen LogP contribution is -2.38. The summed E-state index contributed by atoms with van der Waals surface area (Å²) in [5, 5.41) is 13.8. The molecule has 2 unspecified atom stereocenters. The van der Waals surface area contributed by atoms with Gasteiger partial charge in [-0.3, -0.25) is 0 Å². The van der Waals surface area contributed by atoms with E-state index in [0.29, 0.717) is 12.5 Å². The molecule has 2 atom stereocenters. The Morgan fingerprint density at radius 1 is 1.50 bits per heavy atom. The second-order valence-corrected chi connectivity index (χ2v) is 5.73. The van der Waals surface area contributed by atoms with Gasteiger partial charge in [0.15, 0.2) is 0 Å². The van der Waals surface area contributed by atoms with Crippen LogP contribution in [-0.2, 0) is 0 Å². The molecule has 1 aromatic rings. The molecule has 20 heavy (non-hydrogen) atoms. The third kappa shape index (κ3) is 4.47. The maximum atomic E-state index is 10.3. The van der Waals surface area contributed by atoms with Crippen LogP contribution in [0.25, 0.3) is 0 Å². The van der Waals surface area contributed by atoms with Crippen molar-refractivity contribution in [3.63, 3.8) is 0 Å². The smallest absolute Gasteiger partial charge is 0.119 e. The summed E-state index contributed by atoms with van der Waals surface area (Å²) >= 11 is 0. The van der Waals surface area contributed by atoms with E-state index in [4.69, 9.17) is 4.74 Å². The van der Waals surface area contributed by atoms with E-state index in [0.717, 1.165) is 30.9 Å². The number of piperidine rings is 1. The molecule has 4 heteroatoms. The Kier molecular flexibility index (Phi) is 5.83. The maximum Gasteiger partial charge on any atom is 0.119 e. The fraction of sp³-hybridized carbons (Fsp3) is 0.625.